The first-order valence-corrected chi connectivity index (χ1v) is 7.26. The molecule has 0 amide bonds. The molecule has 0 aliphatic carbocycles. The van der Waals surface area contributed by atoms with Crippen molar-refractivity contribution in [2.24, 2.45) is 0 Å². The van der Waals surface area contributed by atoms with E-state index in [0.29, 0.717) is 28.7 Å². The van der Waals surface area contributed by atoms with Gasteiger partial charge in [-0.1, -0.05) is 18.5 Å². The predicted octanol–water partition coefficient (Wildman–Crippen LogP) is 2.90. The van der Waals surface area contributed by atoms with Gasteiger partial charge in [0.1, 0.15) is 5.03 Å². The Morgan fingerprint density at radius 2 is 2.15 bits per heavy atom. The summed E-state index contributed by atoms with van der Waals surface area (Å²) in [5.41, 5.74) is 0. The number of nitrogens with one attached hydrogen (secondary N) is 1. The van der Waals surface area contributed by atoms with Crippen LogP contribution in [0.5, 0.6) is 6.01 Å². The zero-order chi connectivity index (χ0) is 14.4. The number of halogens is 1. The van der Waals surface area contributed by atoms with Gasteiger partial charge in [0.05, 0.1) is 11.6 Å². The second kappa shape index (κ2) is 7.25. The quantitative estimate of drug-likeness (QED) is 0.879. The summed E-state index contributed by atoms with van der Waals surface area (Å²) in [6.45, 7) is 2.59. The van der Waals surface area contributed by atoms with E-state index in [0.717, 1.165) is 11.4 Å². The summed E-state index contributed by atoms with van der Waals surface area (Å²) in [6, 6.07) is 3.89. The van der Waals surface area contributed by atoms with E-state index in [1.165, 1.54) is 11.8 Å². The Morgan fingerprint density at radius 3 is 2.80 bits per heavy atom. The molecular weight excluding hydrogens is 298 g/mol. The van der Waals surface area contributed by atoms with Crippen LogP contribution in [0.25, 0.3) is 0 Å². The molecule has 0 saturated heterocycles. The summed E-state index contributed by atoms with van der Waals surface area (Å²) in [5, 5.41) is 4.75. The summed E-state index contributed by atoms with van der Waals surface area (Å²) in [4.78, 5) is 16.8. The SMILES string of the molecule is CCCOc1nc(NC)nc(Sc2ccc(Cl)cn2)n1. The Balaban J connectivity index is 2.19. The van der Waals surface area contributed by atoms with Gasteiger partial charge in [-0.25, -0.2) is 4.98 Å². The van der Waals surface area contributed by atoms with Crippen LogP contribution in [-0.4, -0.2) is 33.6 Å². The van der Waals surface area contributed by atoms with E-state index >= 15 is 0 Å². The molecule has 0 aliphatic heterocycles. The van der Waals surface area contributed by atoms with E-state index in [-0.39, 0.29) is 0 Å². The maximum absolute atomic E-state index is 5.80. The second-order valence-corrected chi connectivity index (χ2v) is 5.16. The van der Waals surface area contributed by atoms with Crippen LogP contribution in [0.2, 0.25) is 5.02 Å². The van der Waals surface area contributed by atoms with Crippen molar-refractivity contribution in [2.45, 2.75) is 23.5 Å². The number of anilines is 1. The smallest absolute Gasteiger partial charge is 0.322 e. The highest BCUT2D eigenvalue weighted by molar-refractivity contribution is 7.99. The third-order valence-electron chi connectivity index (χ3n) is 2.15. The number of rotatable bonds is 6. The van der Waals surface area contributed by atoms with Crippen molar-refractivity contribution in [1.82, 2.24) is 19.9 Å². The van der Waals surface area contributed by atoms with Crippen LogP contribution in [0.3, 0.4) is 0 Å². The minimum atomic E-state index is 0.308. The number of pyridine rings is 1. The molecule has 20 heavy (non-hydrogen) atoms. The van der Waals surface area contributed by atoms with E-state index in [2.05, 4.69) is 25.3 Å². The van der Waals surface area contributed by atoms with Crippen LogP contribution in [0, 0.1) is 0 Å². The van der Waals surface area contributed by atoms with E-state index in [1.807, 2.05) is 13.0 Å². The first-order chi connectivity index (χ1) is 9.71. The monoisotopic (exact) mass is 311 g/mol. The summed E-state index contributed by atoms with van der Waals surface area (Å²) in [5.74, 6) is 0.461. The van der Waals surface area contributed by atoms with Crippen molar-refractivity contribution < 1.29 is 4.74 Å². The maximum atomic E-state index is 5.80. The highest BCUT2D eigenvalue weighted by Crippen LogP contribution is 2.25. The molecular formula is C12H14ClN5OS. The van der Waals surface area contributed by atoms with E-state index < -0.39 is 0 Å². The van der Waals surface area contributed by atoms with E-state index in [4.69, 9.17) is 16.3 Å². The molecule has 2 aromatic heterocycles. The van der Waals surface area contributed by atoms with Gasteiger partial charge in [0.2, 0.25) is 11.1 Å². The van der Waals surface area contributed by atoms with Crippen molar-refractivity contribution in [1.29, 1.82) is 0 Å². The Bertz CT molecular complexity index is 566. The molecule has 0 aliphatic rings. The van der Waals surface area contributed by atoms with Crippen LogP contribution < -0.4 is 10.1 Å². The van der Waals surface area contributed by atoms with Gasteiger partial charge in [0, 0.05) is 13.2 Å². The van der Waals surface area contributed by atoms with Gasteiger partial charge < -0.3 is 10.1 Å². The predicted molar refractivity (Wildman–Crippen MR) is 78.5 cm³/mol. The zero-order valence-electron chi connectivity index (χ0n) is 11.1. The molecule has 106 valence electrons. The Kier molecular flexibility index (Phi) is 5.37. The number of ether oxygens (including phenoxy) is 1. The third kappa shape index (κ3) is 4.21. The lowest BCUT2D eigenvalue weighted by Gasteiger charge is -2.06. The topological polar surface area (TPSA) is 72.8 Å². The first-order valence-electron chi connectivity index (χ1n) is 6.07. The Labute approximate surface area is 126 Å². The molecule has 1 N–H and O–H groups in total. The molecule has 6 nitrogen and oxygen atoms in total. The first kappa shape index (κ1) is 14.8. The molecule has 0 spiro atoms. The van der Waals surface area contributed by atoms with Gasteiger partial charge in [-0.3, -0.25) is 0 Å². The summed E-state index contributed by atoms with van der Waals surface area (Å²) < 4.78 is 5.44. The van der Waals surface area contributed by atoms with Gasteiger partial charge in [-0.15, -0.1) is 0 Å². The van der Waals surface area contributed by atoms with Crippen molar-refractivity contribution in [3.05, 3.63) is 23.4 Å². The zero-order valence-corrected chi connectivity index (χ0v) is 12.7. The lowest BCUT2D eigenvalue weighted by Crippen LogP contribution is -2.05. The van der Waals surface area contributed by atoms with Crippen LogP contribution in [-0.2, 0) is 0 Å². The van der Waals surface area contributed by atoms with Crippen LogP contribution in [0.15, 0.2) is 28.5 Å². The highest BCUT2D eigenvalue weighted by atomic mass is 35.5. The molecule has 0 aromatic carbocycles. The number of nitrogens with zero attached hydrogens (tertiary/aromatic N) is 4. The van der Waals surface area contributed by atoms with Gasteiger partial charge in [0.25, 0.3) is 0 Å². The third-order valence-corrected chi connectivity index (χ3v) is 3.19. The van der Waals surface area contributed by atoms with Crippen LogP contribution in [0.1, 0.15) is 13.3 Å². The normalized spacial score (nSPS) is 10.3. The minimum Gasteiger partial charge on any atom is -0.463 e. The Hall–Kier alpha value is -1.60. The summed E-state index contributed by atoms with van der Waals surface area (Å²) in [6.07, 6.45) is 2.47. The highest BCUT2D eigenvalue weighted by Gasteiger charge is 2.09. The van der Waals surface area contributed by atoms with Crippen molar-refractivity contribution in [3.8, 4) is 6.01 Å². The average Bonchev–Trinajstić information content (AvgIpc) is 2.47. The number of hydrogen-bond acceptors (Lipinski definition) is 7. The maximum Gasteiger partial charge on any atom is 0.322 e. The average molecular weight is 312 g/mol. The molecule has 0 bridgehead atoms. The molecule has 0 saturated carbocycles. The fourth-order valence-electron chi connectivity index (χ4n) is 1.27. The van der Waals surface area contributed by atoms with Crippen molar-refractivity contribution in [2.75, 3.05) is 19.0 Å². The molecule has 8 heteroatoms. The van der Waals surface area contributed by atoms with Crippen LogP contribution >= 0.6 is 23.4 Å². The van der Waals surface area contributed by atoms with Gasteiger partial charge in [0.15, 0.2) is 0 Å². The van der Waals surface area contributed by atoms with Crippen molar-refractivity contribution in [3.63, 3.8) is 0 Å². The van der Waals surface area contributed by atoms with Crippen molar-refractivity contribution >= 4 is 29.3 Å². The minimum absolute atomic E-state index is 0.308. The van der Waals surface area contributed by atoms with Gasteiger partial charge in [-0.05, 0) is 30.3 Å². The molecule has 0 fully saturated rings. The van der Waals surface area contributed by atoms with Gasteiger partial charge in [-0.2, -0.15) is 15.0 Å². The second-order valence-electron chi connectivity index (χ2n) is 3.74. The molecule has 2 aromatic rings. The molecule has 2 rings (SSSR count). The number of aromatic nitrogens is 4. The van der Waals surface area contributed by atoms with Crippen LogP contribution in [0.4, 0.5) is 5.95 Å². The molecule has 0 unspecified atom stereocenters. The fourth-order valence-corrected chi connectivity index (χ4v) is 2.07. The lowest BCUT2D eigenvalue weighted by molar-refractivity contribution is 0.288. The largest absolute Gasteiger partial charge is 0.463 e. The van der Waals surface area contributed by atoms with E-state index in [9.17, 15) is 0 Å². The lowest BCUT2D eigenvalue weighted by atomic mass is 10.5. The summed E-state index contributed by atoms with van der Waals surface area (Å²) >= 11 is 7.12. The number of hydrogen-bond donors (Lipinski definition) is 1. The fraction of sp³-hybridized carbons (Fsp3) is 0.333. The van der Waals surface area contributed by atoms with E-state index in [1.54, 1.807) is 19.3 Å². The van der Waals surface area contributed by atoms with Gasteiger partial charge >= 0.3 is 6.01 Å². The summed E-state index contributed by atoms with van der Waals surface area (Å²) in [7, 11) is 1.74. The molecule has 0 atom stereocenters. The molecule has 2 heterocycles. The standard InChI is InChI=1S/C12H14ClN5OS/c1-3-6-19-11-16-10(14-2)17-12(18-11)20-9-5-4-8(13)7-15-9/h4-5,7H,3,6H2,1-2H3,(H,14,16,17,18). The molecule has 0 radical (unpaired) electrons. The Morgan fingerprint density at radius 1 is 1.30 bits per heavy atom.